The summed E-state index contributed by atoms with van der Waals surface area (Å²) in [7, 11) is 0. The van der Waals surface area contributed by atoms with Gasteiger partial charge >= 0.3 is 0 Å². The number of aromatic nitrogens is 2. The molecule has 1 aromatic carbocycles. The molecule has 3 rings (SSSR count). The molecule has 0 amide bonds. The summed E-state index contributed by atoms with van der Waals surface area (Å²) in [6.45, 7) is 0. The molecule has 0 bridgehead atoms. The minimum Gasteiger partial charge on any atom is -0.147 e. The number of rotatable bonds is 2. The van der Waals surface area contributed by atoms with Crippen molar-refractivity contribution in [3.8, 4) is 0 Å². The molecular formula is C11H9ClN2S. The van der Waals surface area contributed by atoms with Gasteiger partial charge in [-0.3, -0.25) is 0 Å². The Labute approximate surface area is 96.9 Å². The summed E-state index contributed by atoms with van der Waals surface area (Å²) in [5.41, 5.74) is 3.25. The molecule has 1 fully saturated rings. The summed E-state index contributed by atoms with van der Waals surface area (Å²) in [6.07, 6.45) is 2.34. The molecule has 15 heavy (non-hydrogen) atoms. The second kappa shape index (κ2) is 3.29. The van der Waals surface area contributed by atoms with Gasteiger partial charge in [-0.1, -0.05) is 23.7 Å². The van der Waals surface area contributed by atoms with Crippen molar-refractivity contribution in [3.63, 3.8) is 0 Å². The van der Waals surface area contributed by atoms with Crippen LogP contribution in [0.25, 0.3) is 0 Å². The highest BCUT2D eigenvalue weighted by Gasteiger charge is 2.48. The van der Waals surface area contributed by atoms with Crippen LogP contribution in [-0.2, 0) is 5.41 Å². The zero-order valence-corrected chi connectivity index (χ0v) is 9.55. The summed E-state index contributed by atoms with van der Waals surface area (Å²) >= 11 is 7.52. The second-order valence-corrected chi connectivity index (χ2v) is 5.10. The molecule has 1 aliphatic rings. The van der Waals surface area contributed by atoms with E-state index in [1.54, 1.807) is 16.8 Å². The highest BCUT2D eigenvalue weighted by Crippen LogP contribution is 2.53. The van der Waals surface area contributed by atoms with E-state index in [1.165, 1.54) is 18.4 Å². The van der Waals surface area contributed by atoms with Gasteiger partial charge in [0, 0.05) is 10.4 Å². The maximum Gasteiger partial charge on any atom is 0.127 e. The first kappa shape index (κ1) is 9.31. The molecule has 1 aliphatic carbocycles. The Morgan fingerprint density at radius 2 is 1.93 bits per heavy atom. The number of hydrogen-bond acceptors (Lipinski definition) is 3. The van der Waals surface area contributed by atoms with E-state index >= 15 is 0 Å². The largest absolute Gasteiger partial charge is 0.147 e. The number of hydrogen-bond donors (Lipinski definition) is 0. The molecule has 1 aromatic heterocycles. The van der Waals surface area contributed by atoms with Crippen molar-refractivity contribution in [1.29, 1.82) is 0 Å². The Balaban J connectivity index is 2.04. The second-order valence-electron chi connectivity index (χ2n) is 3.83. The Hall–Kier alpha value is -0.930. The van der Waals surface area contributed by atoms with E-state index in [9.17, 15) is 0 Å². The van der Waals surface area contributed by atoms with Crippen LogP contribution in [0.15, 0.2) is 29.8 Å². The fraction of sp³-hybridized carbons (Fsp3) is 0.273. The van der Waals surface area contributed by atoms with Gasteiger partial charge in [0.05, 0.1) is 0 Å². The summed E-state index contributed by atoms with van der Waals surface area (Å²) in [4.78, 5) is 0. The highest BCUT2D eigenvalue weighted by atomic mass is 35.5. The van der Waals surface area contributed by atoms with E-state index in [0.717, 1.165) is 10.0 Å². The first-order valence-electron chi connectivity index (χ1n) is 4.84. The van der Waals surface area contributed by atoms with E-state index in [2.05, 4.69) is 22.3 Å². The molecule has 0 atom stereocenters. The third kappa shape index (κ3) is 1.46. The Morgan fingerprint density at radius 3 is 2.47 bits per heavy atom. The van der Waals surface area contributed by atoms with Crippen LogP contribution in [0.3, 0.4) is 0 Å². The van der Waals surface area contributed by atoms with Crippen LogP contribution in [0.4, 0.5) is 0 Å². The molecule has 4 heteroatoms. The van der Waals surface area contributed by atoms with E-state index in [-0.39, 0.29) is 5.41 Å². The predicted molar refractivity (Wildman–Crippen MR) is 61.4 cm³/mol. The topological polar surface area (TPSA) is 25.8 Å². The van der Waals surface area contributed by atoms with Gasteiger partial charge in [-0.2, -0.15) is 0 Å². The van der Waals surface area contributed by atoms with Gasteiger partial charge in [0.2, 0.25) is 0 Å². The van der Waals surface area contributed by atoms with E-state index in [0.29, 0.717) is 0 Å². The molecule has 0 radical (unpaired) electrons. The third-order valence-electron chi connectivity index (χ3n) is 2.92. The molecule has 1 saturated carbocycles. The van der Waals surface area contributed by atoms with Crippen molar-refractivity contribution >= 4 is 22.9 Å². The minimum absolute atomic E-state index is 0.145. The van der Waals surface area contributed by atoms with Crippen LogP contribution in [0.2, 0.25) is 5.02 Å². The van der Waals surface area contributed by atoms with Crippen LogP contribution in [0, 0.1) is 0 Å². The summed E-state index contributed by atoms with van der Waals surface area (Å²) in [6, 6.07) is 8.07. The maximum absolute atomic E-state index is 5.88. The number of halogens is 1. The molecule has 0 saturated heterocycles. The van der Waals surface area contributed by atoms with Crippen molar-refractivity contribution in [2.75, 3.05) is 0 Å². The predicted octanol–water partition coefficient (Wildman–Crippen LogP) is 3.27. The summed E-state index contributed by atoms with van der Waals surface area (Å²) in [5.74, 6) is 0. The molecule has 1 heterocycles. The summed E-state index contributed by atoms with van der Waals surface area (Å²) in [5, 5.41) is 10.0. The average molecular weight is 237 g/mol. The highest BCUT2D eigenvalue weighted by molar-refractivity contribution is 7.09. The van der Waals surface area contributed by atoms with E-state index in [4.69, 9.17) is 11.6 Å². The average Bonchev–Trinajstić information content (AvgIpc) is 2.88. The van der Waals surface area contributed by atoms with Gasteiger partial charge in [-0.25, -0.2) is 0 Å². The fourth-order valence-corrected chi connectivity index (χ4v) is 2.86. The molecule has 0 aliphatic heterocycles. The first-order chi connectivity index (χ1) is 7.31. The lowest BCUT2D eigenvalue weighted by atomic mass is 9.97. The van der Waals surface area contributed by atoms with Crippen molar-refractivity contribution in [1.82, 2.24) is 10.2 Å². The smallest absolute Gasteiger partial charge is 0.127 e. The van der Waals surface area contributed by atoms with E-state index in [1.807, 2.05) is 12.1 Å². The first-order valence-corrected chi connectivity index (χ1v) is 6.10. The van der Waals surface area contributed by atoms with Gasteiger partial charge in [-0.15, -0.1) is 21.5 Å². The summed E-state index contributed by atoms with van der Waals surface area (Å²) < 4.78 is 0. The maximum atomic E-state index is 5.88. The fourth-order valence-electron chi connectivity index (χ4n) is 1.90. The van der Waals surface area contributed by atoms with Crippen LogP contribution >= 0.6 is 22.9 Å². The van der Waals surface area contributed by atoms with Gasteiger partial charge in [0.25, 0.3) is 0 Å². The molecule has 2 nitrogen and oxygen atoms in total. The molecule has 0 N–H and O–H groups in total. The van der Waals surface area contributed by atoms with Gasteiger partial charge < -0.3 is 0 Å². The SMILES string of the molecule is Clc1ccc(C2(c3nncs3)CC2)cc1. The zero-order chi connectivity index (χ0) is 10.3. The molecule has 2 aromatic rings. The lowest BCUT2D eigenvalue weighted by molar-refractivity contribution is 0.807. The normalized spacial score (nSPS) is 17.7. The number of nitrogens with zero attached hydrogens (tertiary/aromatic N) is 2. The van der Waals surface area contributed by atoms with Crippen molar-refractivity contribution in [3.05, 3.63) is 45.4 Å². The lowest BCUT2D eigenvalue weighted by Gasteiger charge is -2.11. The van der Waals surface area contributed by atoms with Crippen LogP contribution < -0.4 is 0 Å². The molecule has 76 valence electrons. The minimum atomic E-state index is 0.145. The number of benzene rings is 1. The molecular weight excluding hydrogens is 228 g/mol. The monoisotopic (exact) mass is 236 g/mol. The van der Waals surface area contributed by atoms with Crippen LogP contribution in [0.5, 0.6) is 0 Å². The van der Waals surface area contributed by atoms with Gasteiger partial charge in [0.15, 0.2) is 0 Å². The Kier molecular flexibility index (Phi) is 2.04. The Morgan fingerprint density at radius 1 is 1.20 bits per heavy atom. The Bertz CT molecular complexity index is 460. The van der Waals surface area contributed by atoms with Gasteiger partial charge in [0.1, 0.15) is 10.5 Å². The van der Waals surface area contributed by atoms with Crippen LogP contribution in [-0.4, -0.2) is 10.2 Å². The zero-order valence-electron chi connectivity index (χ0n) is 7.98. The van der Waals surface area contributed by atoms with Crippen LogP contribution in [0.1, 0.15) is 23.4 Å². The molecule has 0 unspecified atom stereocenters. The quantitative estimate of drug-likeness (QED) is 0.800. The van der Waals surface area contributed by atoms with Crippen molar-refractivity contribution in [2.45, 2.75) is 18.3 Å². The standard InChI is InChI=1S/C11H9ClN2S/c12-9-3-1-8(2-4-9)11(5-6-11)10-14-13-7-15-10/h1-4,7H,5-6H2. The van der Waals surface area contributed by atoms with Gasteiger partial charge in [-0.05, 0) is 30.5 Å². The van der Waals surface area contributed by atoms with Crippen molar-refractivity contribution in [2.24, 2.45) is 0 Å². The van der Waals surface area contributed by atoms with Crippen molar-refractivity contribution < 1.29 is 0 Å². The molecule has 0 spiro atoms. The van der Waals surface area contributed by atoms with E-state index < -0.39 is 0 Å². The third-order valence-corrected chi connectivity index (χ3v) is 4.06. The lowest BCUT2D eigenvalue weighted by Crippen LogP contribution is -2.07.